The van der Waals surface area contributed by atoms with E-state index < -0.39 is 11.6 Å². The van der Waals surface area contributed by atoms with Gasteiger partial charge in [-0.1, -0.05) is 6.07 Å². The number of nitrogens with zero attached hydrogens (tertiary/aromatic N) is 1. The summed E-state index contributed by atoms with van der Waals surface area (Å²) in [6.07, 6.45) is 2.10. The Bertz CT molecular complexity index is 346. The maximum absolute atomic E-state index is 11.3. The normalized spacial score (nSPS) is 9.43. The van der Waals surface area contributed by atoms with Crippen molar-refractivity contribution >= 4 is 17.9 Å². The monoisotopic (exact) mass is 191 g/mol. The molecule has 1 aromatic heterocycles. The second kappa shape index (κ2) is 5.01. The molecule has 0 saturated carbocycles. The molecular formula is C10H9NO3. The number of Topliss-reactive ketones (excluding diaryl/α,β-unsaturated/α-hetero) is 2. The van der Waals surface area contributed by atoms with Crippen LogP contribution >= 0.6 is 0 Å². The van der Waals surface area contributed by atoms with Crippen LogP contribution in [0.25, 0.3) is 0 Å². The maximum atomic E-state index is 11.3. The van der Waals surface area contributed by atoms with Gasteiger partial charge >= 0.3 is 0 Å². The summed E-state index contributed by atoms with van der Waals surface area (Å²) >= 11 is 0. The van der Waals surface area contributed by atoms with Gasteiger partial charge in [-0.3, -0.25) is 14.6 Å². The molecular weight excluding hydrogens is 182 g/mol. The first-order chi connectivity index (χ1) is 6.75. The number of carbonyl (C=O) groups excluding carboxylic acids is 3. The molecule has 0 fully saturated rings. The third-order valence-corrected chi connectivity index (χ3v) is 1.64. The summed E-state index contributed by atoms with van der Waals surface area (Å²) in [4.78, 5) is 36.2. The fraction of sp³-hybridized carbons (Fsp3) is 0.200. The molecule has 0 bridgehead atoms. The van der Waals surface area contributed by atoms with Gasteiger partial charge in [-0.05, 0) is 12.1 Å². The number of ketones is 2. The third kappa shape index (κ3) is 2.58. The third-order valence-electron chi connectivity index (χ3n) is 1.64. The Labute approximate surface area is 81.0 Å². The minimum atomic E-state index is -0.632. The number of rotatable bonds is 5. The fourth-order valence-corrected chi connectivity index (χ4v) is 0.943. The van der Waals surface area contributed by atoms with Gasteiger partial charge in [0.2, 0.25) is 11.6 Å². The number of pyridine rings is 1. The Hall–Kier alpha value is -1.84. The van der Waals surface area contributed by atoms with Crippen LogP contribution in [0.2, 0.25) is 0 Å². The van der Waals surface area contributed by atoms with Gasteiger partial charge in [-0.15, -0.1) is 0 Å². The average Bonchev–Trinajstić information content (AvgIpc) is 2.26. The van der Waals surface area contributed by atoms with Crippen molar-refractivity contribution in [3.05, 3.63) is 30.1 Å². The Balaban J connectivity index is 2.66. The van der Waals surface area contributed by atoms with Crippen LogP contribution in [0.3, 0.4) is 0 Å². The number of hydrogen-bond acceptors (Lipinski definition) is 4. The average molecular weight is 191 g/mol. The van der Waals surface area contributed by atoms with E-state index in [1.165, 1.54) is 12.3 Å². The second-order valence-electron chi connectivity index (χ2n) is 2.67. The molecule has 0 aliphatic rings. The van der Waals surface area contributed by atoms with Crippen LogP contribution in [0.5, 0.6) is 0 Å². The van der Waals surface area contributed by atoms with Gasteiger partial charge < -0.3 is 4.79 Å². The highest BCUT2D eigenvalue weighted by atomic mass is 16.2. The predicted octanol–water partition coefficient (Wildman–Crippen LogP) is 0.812. The van der Waals surface area contributed by atoms with Crippen molar-refractivity contribution < 1.29 is 14.4 Å². The summed E-state index contributed by atoms with van der Waals surface area (Å²) in [7, 11) is 0. The summed E-state index contributed by atoms with van der Waals surface area (Å²) in [6.45, 7) is 0. The highest BCUT2D eigenvalue weighted by molar-refractivity contribution is 6.43. The van der Waals surface area contributed by atoms with E-state index in [1.807, 2.05) is 0 Å². The molecule has 1 aromatic rings. The van der Waals surface area contributed by atoms with Gasteiger partial charge in [0.05, 0.1) is 0 Å². The zero-order valence-corrected chi connectivity index (χ0v) is 7.47. The van der Waals surface area contributed by atoms with Crippen molar-refractivity contribution in [3.8, 4) is 0 Å². The molecule has 0 atom stereocenters. The summed E-state index contributed by atoms with van der Waals surface area (Å²) in [5, 5.41) is 0. The molecule has 72 valence electrons. The molecule has 1 heterocycles. The standard InChI is InChI=1S/C10H9NO3/c12-7-3-5-9(13)10(14)8-4-1-2-6-11-8/h1-2,4,6-7H,3,5H2. The predicted molar refractivity (Wildman–Crippen MR) is 48.9 cm³/mol. The van der Waals surface area contributed by atoms with Crippen molar-refractivity contribution in [2.45, 2.75) is 12.8 Å². The smallest absolute Gasteiger partial charge is 0.246 e. The number of carbonyl (C=O) groups is 3. The number of hydrogen-bond donors (Lipinski definition) is 0. The molecule has 0 saturated heterocycles. The van der Waals surface area contributed by atoms with Crippen LogP contribution in [0.1, 0.15) is 23.3 Å². The van der Waals surface area contributed by atoms with Gasteiger partial charge in [0.1, 0.15) is 12.0 Å². The molecule has 0 aromatic carbocycles. The first-order valence-corrected chi connectivity index (χ1v) is 4.18. The Morgan fingerprint density at radius 1 is 1.36 bits per heavy atom. The van der Waals surface area contributed by atoms with Gasteiger partial charge in [0.25, 0.3) is 0 Å². The number of aldehydes is 1. The molecule has 0 unspecified atom stereocenters. The van der Waals surface area contributed by atoms with E-state index in [-0.39, 0.29) is 18.5 Å². The summed E-state index contributed by atoms with van der Waals surface area (Å²) in [5.74, 6) is -1.21. The molecule has 0 amide bonds. The van der Waals surface area contributed by atoms with Crippen molar-refractivity contribution in [1.82, 2.24) is 4.98 Å². The van der Waals surface area contributed by atoms with E-state index >= 15 is 0 Å². The molecule has 0 aliphatic heterocycles. The number of aromatic nitrogens is 1. The zero-order valence-electron chi connectivity index (χ0n) is 7.47. The van der Waals surface area contributed by atoms with Crippen LogP contribution in [0.4, 0.5) is 0 Å². The second-order valence-corrected chi connectivity index (χ2v) is 2.67. The topological polar surface area (TPSA) is 64.1 Å². The maximum Gasteiger partial charge on any atom is 0.246 e. The Morgan fingerprint density at radius 2 is 2.14 bits per heavy atom. The van der Waals surface area contributed by atoms with Crippen molar-refractivity contribution in [2.24, 2.45) is 0 Å². The van der Waals surface area contributed by atoms with E-state index in [0.29, 0.717) is 6.29 Å². The minimum absolute atomic E-state index is 0.0428. The van der Waals surface area contributed by atoms with Crippen molar-refractivity contribution in [1.29, 1.82) is 0 Å². The lowest BCUT2D eigenvalue weighted by Gasteiger charge is -1.96. The van der Waals surface area contributed by atoms with Crippen LogP contribution in [-0.2, 0) is 9.59 Å². The molecule has 0 radical (unpaired) electrons. The zero-order chi connectivity index (χ0) is 10.4. The van der Waals surface area contributed by atoms with E-state index in [1.54, 1.807) is 12.1 Å². The molecule has 0 N–H and O–H groups in total. The minimum Gasteiger partial charge on any atom is -0.303 e. The summed E-state index contributed by atoms with van der Waals surface area (Å²) in [6, 6.07) is 4.76. The van der Waals surface area contributed by atoms with Gasteiger partial charge in [-0.25, -0.2) is 0 Å². The first kappa shape index (κ1) is 10.2. The highest BCUT2D eigenvalue weighted by Crippen LogP contribution is 1.99. The molecule has 14 heavy (non-hydrogen) atoms. The quantitative estimate of drug-likeness (QED) is 0.392. The SMILES string of the molecule is O=CCCC(=O)C(=O)c1ccccn1. The fourth-order valence-electron chi connectivity index (χ4n) is 0.943. The van der Waals surface area contributed by atoms with Crippen molar-refractivity contribution in [3.63, 3.8) is 0 Å². The van der Waals surface area contributed by atoms with Crippen LogP contribution in [-0.4, -0.2) is 22.8 Å². The van der Waals surface area contributed by atoms with Gasteiger partial charge in [0.15, 0.2) is 0 Å². The lowest BCUT2D eigenvalue weighted by molar-refractivity contribution is -0.117. The van der Waals surface area contributed by atoms with E-state index in [9.17, 15) is 14.4 Å². The van der Waals surface area contributed by atoms with E-state index in [4.69, 9.17) is 0 Å². The molecule has 1 rings (SSSR count). The van der Waals surface area contributed by atoms with E-state index in [2.05, 4.69) is 4.98 Å². The molecule has 4 heteroatoms. The Kier molecular flexibility index (Phi) is 3.67. The summed E-state index contributed by atoms with van der Waals surface area (Å²) < 4.78 is 0. The van der Waals surface area contributed by atoms with Crippen LogP contribution in [0.15, 0.2) is 24.4 Å². The lowest BCUT2D eigenvalue weighted by Crippen LogP contribution is -2.15. The largest absolute Gasteiger partial charge is 0.303 e. The molecule has 0 spiro atoms. The molecule has 4 nitrogen and oxygen atoms in total. The Morgan fingerprint density at radius 3 is 2.71 bits per heavy atom. The van der Waals surface area contributed by atoms with Gasteiger partial charge in [-0.2, -0.15) is 0 Å². The molecule has 0 aliphatic carbocycles. The highest BCUT2D eigenvalue weighted by Gasteiger charge is 2.15. The summed E-state index contributed by atoms with van der Waals surface area (Å²) in [5.41, 5.74) is 0.128. The van der Waals surface area contributed by atoms with E-state index in [0.717, 1.165) is 0 Å². The van der Waals surface area contributed by atoms with Gasteiger partial charge in [0, 0.05) is 19.0 Å². The van der Waals surface area contributed by atoms with Crippen LogP contribution in [0, 0.1) is 0 Å². The first-order valence-electron chi connectivity index (χ1n) is 4.18. The van der Waals surface area contributed by atoms with Crippen molar-refractivity contribution in [2.75, 3.05) is 0 Å². The van der Waals surface area contributed by atoms with Crippen LogP contribution < -0.4 is 0 Å². The lowest BCUT2D eigenvalue weighted by atomic mass is 10.1.